The molecular formula is C20H21N5O4S. The first-order chi connectivity index (χ1) is 14.4. The van der Waals surface area contributed by atoms with E-state index in [2.05, 4.69) is 15.5 Å². The zero-order valence-corrected chi connectivity index (χ0v) is 17.1. The van der Waals surface area contributed by atoms with Crippen molar-refractivity contribution in [1.82, 2.24) is 15.1 Å². The third kappa shape index (κ3) is 4.97. The highest BCUT2D eigenvalue weighted by Gasteiger charge is 2.23. The predicted octanol–water partition coefficient (Wildman–Crippen LogP) is 2.11. The molecule has 2 aromatic rings. The summed E-state index contributed by atoms with van der Waals surface area (Å²) in [5.41, 5.74) is 0.468. The number of carbonyl (C=O) groups is 2. The van der Waals surface area contributed by atoms with E-state index in [-0.39, 0.29) is 22.3 Å². The third-order valence-corrected chi connectivity index (χ3v) is 4.97. The minimum absolute atomic E-state index is 0.0585. The van der Waals surface area contributed by atoms with Gasteiger partial charge in [-0.25, -0.2) is 0 Å². The molecule has 0 radical (unpaired) electrons. The van der Waals surface area contributed by atoms with Crippen molar-refractivity contribution in [2.75, 3.05) is 38.5 Å². The van der Waals surface area contributed by atoms with E-state index in [4.69, 9.17) is 12.2 Å². The monoisotopic (exact) mass is 427 g/mol. The summed E-state index contributed by atoms with van der Waals surface area (Å²) in [6.07, 6.45) is 0. The molecule has 1 aliphatic heterocycles. The first-order valence-corrected chi connectivity index (χ1v) is 9.70. The van der Waals surface area contributed by atoms with Crippen LogP contribution in [0.5, 0.6) is 0 Å². The Labute approximate surface area is 178 Å². The lowest BCUT2D eigenvalue weighted by molar-refractivity contribution is -0.385. The Bertz CT molecular complexity index is 989. The maximum absolute atomic E-state index is 12.9. The van der Waals surface area contributed by atoms with Gasteiger partial charge in [0.1, 0.15) is 5.56 Å². The second-order valence-electron chi connectivity index (χ2n) is 6.82. The van der Waals surface area contributed by atoms with Crippen molar-refractivity contribution >= 4 is 40.5 Å². The fourth-order valence-corrected chi connectivity index (χ4v) is 3.31. The summed E-state index contributed by atoms with van der Waals surface area (Å²) >= 11 is 5.19. The number of thiocarbonyl (C=S) groups is 1. The van der Waals surface area contributed by atoms with Gasteiger partial charge in [-0.2, -0.15) is 0 Å². The van der Waals surface area contributed by atoms with E-state index >= 15 is 0 Å². The van der Waals surface area contributed by atoms with E-state index < -0.39 is 10.8 Å². The molecule has 0 bridgehead atoms. The molecule has 0 unspecified atom stereocenters. The van der Waals surface area contributed by atoms with Crippen LogP contribution in [0.3, 0.4) is 0 Å². The number of hydrogen-bond donors (Lipinski definition) is 2. The lowest BCUT2D eigenvalue weighted by Crippen LogP contribution is -2.47. The standard InChI is InChI=1S/C20H21N5O4S/c1-23-10-12-24(13-11-23)19(27)14-6-2-4-8-16(14)21-20(30)22-18(26)15-7-3-5-9-17(15)25(28)29/h2-9H,10-13H2,1H3,(H2,21,22,26,30). The molecule has 1 saturated heterocycles. The lowest BCUT2D eigenvalue weighted by atomic mass is 10.1. The van der Waals surface area contributed by atoms with Gasteiger partial charge in [-0.3, -0.25) is 25.0 Å². The van der Waals surface area contributed by atoms with Crippen LogP contribution in [0, 0.1) is 10.1 Å². The molecule has 0 aromatic heterocycles. The van der Waals surface area contributed by atoms with E-state index in [1.807, 2.05) is 7.05 Å². The highest BCUT2D eigenvalue weighted by atomic mass is 32.1. The topological polar surface area (TPSA) is 108 Å². The van der Waals surface area contributed by atoms with Crippen LogP contribution in [0.2, 0.25) is 0 Å². The Kier molecular flexibility index (Phi) is 6.70. The molecule has 1 aliphatic rings. The largest absolute Gasteiger partial charge is 0.336 e. The fourth-order valence-electron chi connectivity index (χ4n) is 3.11. The number of nitrogens with zero attached hydrogens (tertiary/aromatic N) is 3. The average molecular weight is 427 g/mol. The Morgan fingerprint density at radius 1 is 1.00 bits per heavy atom. The summed E-state index contributed by atoms with van der Waals surface area (Å²) in [7, 11) is 2.01. The smallest absolute Gasteiger partial charge is 0.282 e. The second kappa shape index (κ2) is 9.42. The zero-order valence-electron chi connectivity index (χ0n) is 16.3. The third-order valence-electron chi connectivity index (χ3n) is 4.77. The summed E-state index contributed by atoms with van der Waals surface area (Å²) in [4.78, 5) is 39.8. The van der Waals surface area contributed by atoms with Gasteiger partial charge in [-0.15, -0.1) is 0 Å². The number of rotatable bonds is 4. The van der Waals surface area contributed by atoms with Gasteiger partial charge in [0.2, 0.25) is 0 Å². The molecule has 30 heavy (non-hydrogen) atoms. The molecule has 10 heteroatoms. The molecule has 1 fully saturated rings. The zero-order chi connectivity index (χ0) is 21.7. The van der Waals surface area contributed by atoms with Crippen LogP contribution < -0.4 is 10.6 Å². The number of hydrogen-bond acceptors (Lipinski definition) is 6. The Morgan fingerprint density at radius 3 is 2.27 bits per heavy atom. The van der Waals surface area contributed by atoms with E-state index in [0.717, 1.165) is 13.1 Å². The van der Waals surface area contributed by atoms with Crippen molar-refractivity contribution in [1.29, 1.82) is 0 Å². The summed E-state index contributed by atoms with van der Waals surface area (Å²) in [5.74, 6) is -0.832. The number of amides is 2. The lowest BCUT2D eigenvalue weighted by Gasteiger charge is -2.32. The van der Waals surface area contributed by atoms with Crippen molar-refractivity contribution in [3.63, 3.8) is 0 Å². The van der Waals surface area contributed by atoms with Crippen LogP contribution in [0.15, 0.2) is 48.5 Å². The van der Waals surface area contributed by atoms with Gasteiger partial charge in [0.25, 0.3) is 17.5 Å². The molecule has 3 rings (SSSR count). The number of anilines is 1. The van der Waals surface area contributed by atoms with Gasteiger partial charge in [0, 0.05) is 32.2 Å². The Balaban J connectivity index is 1.71. The number of likely N-dealkylation sites (N-methyl/N-ethyl adjacent to an activating group) is 1. The summed E-state index contributed by atoms with van der Waals surface area (Å²) in [6.45, 7) is 2.85. The van der Waals surface area contributed by atoms with Gasteiger partial charge in [-0.05, 0) is 37.5 Å². The highest BCUT2D eigenvalue weighted by Crippen LogP contribution is 2.19. The van der Waals surface area contributed by atoms with Gasteiger partial charge < -0.3 is 15.1 Å². The van der Waals surface area contributed by atoms with Crippen molar-refractivity contribution in [2.45, 2.75) is 0 Å². The van der Waals surface area contributed by atoms with E-state index in [0.29, 0.717) is 24.3 Å². The predicted molar refractivity (Wildman–Crippen MR) is 117 cm³/mol. The molecule has 1 heterocycles. The van der Waals surface area contributed by atoms with Crippen LogP contribution >= 0.6 is 12.2 Å². The SMILES string of the molecule is CN1CCN(C(=O)c2ccccc2NC(=S)NC(=O)c2ccccc2[N+](=O)[O-])CC1. The Morgan fingerprint density at radius 2 is 1.60 bits per heavy atom. The normalized spacial score (nSPS) is 14.1. The van der Waals surface area contributed by atoms with Crippen molar-refractivity contribution in [2.24, 2.45) is 0 Å². The number of para-hydroxylation sites is 2. The summed E-state index contributed by atoms with van der Waals surface area (Å²) in [5, 5.41) is 16.4. The molecule has 0 spiro atoms. The summed E-state index contributed by atoms with van der Waals surface area (Å²) < 4.78 is 0. The first-order valence-electron chi connectivity index (χ1n) is 9.29. The summed E-state index contributed by atoms with van der Waals surface area (Å²) in [6, 6.07) is 12.5. The average Bonchev–Trinajstić information content (AvgIpc) is 2.74. The number of piperazine rings is 1. The van der Waals surface area contributed by atoms with Gasteiger partial charge in [0.15, 0.2) is 5.11 Å². The molecule has 156 valence electrons. The molecule has 0 atom stereocenters. The van der Waals surface area contributed by atoms with Crippen LogP contribution in [0.25, 0.3) is 0 Å². The highest BCUT2D eigenvalue weighted by molar-refractivity contribution is 7.80. The minimum atomic E-state index is -0.706. The second-order valence-corrected chi connectivity index (χ2v) is 7.23. The molecular weight excluding hydrogens is 406 g/mol. The molecule has 2 aromatic carbocycles. The maximum atomic E-state index is 12.9. The minimum Gasteiger partial charge on any atom is -0.336 e. The molecule has 9 nitrogen and oxygen atoms in total. The molecule has 2 amide bonds. The van der Waals surface area contributed by atoms with Crippen molar-refractivity contribution in [3.8, 4) is 0 Å². The number of nitrogens with one attached hydrogen (secondary N) is 2. The van der Waals surface area contributed by atoms with Crippen LogP contribution in [-0.2, 0) is 0 Å². The number of benzene rings is 2. The quantitative estimate of drug-likeness (QED) is 0.437. The van der Waals surface area contributed by atoms with Gasteiger partial charge in [0.05, 0.1) is 16.2 Å². The number of nitro benzene ring substituents is 1. The van der Waals surface area contributed by atoms with Gasteiger partial charge >= 0.3 is 0 Å². The van der Waals surface area contributed by atoms with Crippen molar-refractivity contribution < 1.29 is 14.5 Å². The number of nitro groups is 1. The van der Waals surface area contributed by atoms with Crippen LogP contribution in [0.1, 0.15) is 20.7 Å². The number of carbonyl (C=O) groups excluding carboxylic acids is 2. The van der Waals surface area contributed by atoms with Gasteiger partial charge in [-0.1, -0.05) is 24.3 Å². The van der Waals surface area contributed by atoms with Crippen LogP contribution in [-0.4, -0.2) is 64.9 Å². The van der Waals surface area contributed by atoms with E-state index in [1.54, 1.807) is 29.2 Å². The Hall–Kier alpha value is -3.37. The first kappa shape index (κ1) is 21.3. The van der Waals surface area contributed by atoms with Crippen LogP contribution in [0.4, 0.5) is 11.4 Å². The maximum Gasteiger partial charge on any atom is 0.282 e. The van der Waals surface area contributed by atoms with E-state index in [9.17, 15) is 19.7 Å². The fraction of sp³-hybridized carbons (Fsp3) is 0.250. The molecule has 2 N–H and O–H groups in total. The molecule has 0 aliphatic carbocycles. The van der Waals surface area contributed by atoms with E-state index in [1.165, 1.54) is 24.3 Å². The molecule has 0 saturated carbocycles. The van der Waals surface area contributed by atoms with Crippen molar-refractivity contribution in [3.05, 3.63) is 69.8 Å².